The summed E-state index contributed by atoms with van der Waals surface area (Å²) >= 11 is 0. The van der Waals surface area contributed by atoms with Crippen LogP contribution in [0.4, 0.5) is 0 Å². The summed E-state index contributed by atoms with van der Waals surface area (Å²) < 4.78 is 5.78. The van der Waals surface area contributed by atoms with Crippen molar-refractivity contribution in [2.24, 2.45) is 5.92 Å². The summed E-state index contributed by atoms with van der Waals surface area (Å²) in [7, 11) is 0. The molecule has 98 valence electrons. The smallest absolute Gasteiger partial charge is 0.0888 e. The standard InChI is InChI=1S/C15H21NO2/c1-2-18-15(11-5-6-11)14(17)12-8-7-10-4-3-9-16-13(10)12/h3-4,9,11-12,14-15,17H,2,5-8H2,1H3. The maximum absolute atomic E-state index is 10.6. The number of aliphatic hydroxyl groups excluding tert-OH is 1. The Hall–Kier alpha value is -0.930. The highest BCUT2D eigenvalue weighted by atomic mass is 16.5. The molecule has 0 aliphatic heterocycles. The third kappa shape index (κ3) is 2.17. The van der Waals surface area contributed by atoms with Crippen molar-refractivity contribution in [2.75, 3.05) is 6.61 Å². The maximum Gasteiger partial charge on any atom is 0.0888 e. The fraction of sp³-hybridized carbons (Fsp3) is 0.667. The van der Waals surface area contributed by atoms with Crippen LogP contribution in [-0.4, -0.2) is 28.9 Å². The van der Waals surface area contributed by atoms with E-state index in [4.69, 9.17) is 4.74 Å². The lowest BCUT2D eigenvalue weighted by Crippen LogP contribution is -2.35. The van der Waals surface area contributed by atoms with Crippen LogP contribution in [0, 0.1) is 5.92 Å². The Kier molecular flexibility index (Phi) is 3.35. The zero-order chi connectivity index (χ0) is 12.5. The van der Waals surface area contributed by atoms with Gasteiger partial charge < -0.3 is 9.84 Å². The van der Waals surface area contributed by atoms with E-state index >= 15 is 0 Å². The zero-order valence-electron chi connectivity index (χ0n) is 10.9. The minimum atomic E-state index is -0.395. The molecule has 0 bridgehead atoms. The molecular weight excluding hydrogens is 226 g/mol. The highest BCUT2D eigenvalue weighted by molar-refractivity contribution is 5.30. The van der Waals surface area contributed by atoms with E-state index in [-0.39, 0.29) is 12.0 Å². The second-order valence-electron chi connectivity index (χ2n) is 5.44. The van der Waals surface area contributed by atoms with Gasteiger partial charge in [-0.15, -0.1) is 0 Å². The number of hydrogen-bond acceptors (Lipinski definition) is 3. The summed E-state index contributed by atoms with van der Waals surface area (Å²) in [6, 6.07) is 4.11. The Morgan fingerprint density at radius 2 is 2.28 bits per heavy atom. The molecule has 0 spiro atoms. The number of aromatic nitrogens is 1. The number of aliphatic hydroxyl groups is 1. The van der Waals surface area contributed by atoms with E-state index in [1.165, 1.54) is 18.4 Å². The lowest BCUT2D eigenvalue weighted by molar-refractivity contribution is -0.0558. The third-order valence-corrected chi connectivity index (χ3v) is 4.20. The van der Waals surface area contributed by atoms with Crippen LogP contribution in [-0.2, 0) is 11.2 Å². The number of nitrogens with zero attached hydrogens (tertiary/aromatic N) is 1. The van der Waals surface area contributed by atoms with Gasteiger partial charge in [0.05, 0.1) is 12.2 Å². The van der Waals surface area contributed by atoms with Gasteiger partial charge in [0.1, 0.15) is 0 Å². The second-order valence-corrected chi connectivity index (χ2v) is 5.44. The number of ether oxygens (including phenoxy) is 1. The van der Waals surface area contributed by atoms with Crippen LogP contribution in [0.5, 0.6) is 0 Å². The molecule has 0 saturated heterocycles. The van der Waals surface area contributed by atoms with Crippen LogP contribution in [0.25, 0.3) is 0 Å². The normalized spacial score (nSPS) is 25.8. The first-order valence-corrected chi connectivity index (χ1v) is 7.04. The van der Waals surface area contributed by atoms with Crippen molar-refractivity contribution in [2.45, 2.75) is 50.7 Å². The van der Waals surface area contributed by atoms with Crippen molar-refractivity contribution in [3.8, 4) is 0 Å². The van der Waals surface area contributed by atoms with E-state index in [1.54, 1.807) is 0 Å². The predicted molar refractivity (Wildman–Crippen MR) is 69.4 cm³/mol. The first kappa shape index (κ1) is 12.1. The molecule has 2 aliphatic carbocycles. The van der Waals surface area contributed by atoms with Gasteiger partial charge in [-0.3, -0.25) is 4.98 Å². The minimum Gasteiger partial charge on any atom is -0.390 e. The molecular formula is C15H21NO2. The van der Waals surface area contributed by atoms with Gasteiger partial charge in [-0.1, -0.05) is 6.07 Å². The molecule has 3 unspecified atom stereocenters. The Morgan fingerprint density at radius 3 is 3.00 bits per heavy atom. The average molecular weight is 247 g/mol. The monoisotopic (exact) mass is 247 g/mol. The van der Waals surface area contributed by atoms with Crippen molar-refractivity contribution in [3.63, 3.8) is 0 Å². The van der Waals surface area contributed by atoms with Crippen molar-refractivity contribution in [1.82, 2.24) is 4.98 Å². The summed E-state index contributed by atoms with van der Waals surface area (Å²) in [6.07, 6.45) is 5.88. The van der Waals surface area contributed by atoms with E-state index in [0.29, 0.717) is 12.5 Å². The Bertz CT molecular complexity index is 417. The van der Waals surface area contributed by atoms with Gasteiger partial charge >= 0.3 is 0 Å². The quantitative estimate of drug-likeness (QED) is 0.868. The summed E-state index contributed by atoms with van der Waals surface area (Å²) in [5, 5.41) is 10.6. The van der Waals surface area contributed by atoms with Gasteiger partial charge in [-0.05, 0) is 50.2 Å². The molecule has 0 amide bonds. The van der Waals surface area contributed by atoms with Crippen LogP contribution < -0.4 is 0 Å². The number of hydrogen-bond donors (Lipinski definition) is 1. The molecule has 0 aromatic carbocycles. The summed E-state index contributed by atoms with van der Waals surface area (Å²) in [4.78, 5) is 4.47. The van der Waals surface area contributed by atoms with Gasteiger partial charge in [0.15, 0.2) is 0 Å². The SMILES string of the molecule is CCOC(C1CC1)C(O)C1CCc2cccnc21. The highest BCUT2D eigenvalue weighted by Gasteiger charge is 2.42. The predicted octanol–water partition coefficient (Wildman–Crippen LogP) is 2.29. The number of rotatable bonds is 5. The topological polar surface area (TPSA) is 42.4 Å². The molecule has 3 atom stereocenters. The van der Waals surface area contributed by atoms with E-state index in [2.05, 4.69) is 11.1 Å². The molecule has 0 radical (unpaired) electrons. The molecule has 1 aromatic rings. The molecule has 1 fully saturated rings. The second kappa shape index (κ2) is 4.98. The minimum absolute atomic E-state index is 0.00737. The van der Waals surface area contributed by atoms with Crippen LogP contribution in [0.3, 0.4) is 0 Å². The number of pyridine rings is 1. The third-order valence-electron chi connectivity index (χ3n) is 4.20. The van der Waals surface area contributed by atoms with E-state index < -0.39 is 6.10 Å². The molecule has 3 rings (SSSR count). The average Bonchev–Trinajstić information content (AvgIpc) is 3.14. The fourth-order valence-electron chi connectivity index (χ4n) is 3.14. The van der Waals surface area contributed by atoms with Crippen molar-refractivity contribution >= 4 is 0 Å². The van der Waals surface area contributed by atoms with E-state index in [9.17, 15) is 5.11 Å². The zero-order valence-corrected chi connectivity index (χ0v) is 10.9. The number of fused-ring (bicyclic) bond motifs is 1. The Balaban J connectivity index is 1.78. The fourth-order valence-corrected chi connectivity index (χ4v) is 3.14. The molecule has 3 nitrogen and oxygen atoms in total. The lowest BCUT2D eigenvalue weighted by Gasteiger charge is -2.27. The number of aryl methyl sites for hydroxylation is 1. The molecule has 18 heavy (non-hydrogen) atoms. The van der Waals surface area contributed by atoms with Crippen molar-refractivity contribution < 1.29 is 9.84 Å². The van der Waals surface area contributed by atoms with Gasteiger partial charge in [0.25, 0.3) is 0 Å². The van der Waals surface area contributed by atoms with Crippen LogP contribution >= 0.6 is 0 Å². The summed E-state index contributed by atoms with van der Waals surface area (Å²) in [6.45, 7) is 2.68. The maximum atomic E-state index is 10.6. The Morgan fingerprint density at radius 1 is 1.44 bits per heavy atom. The Labute approximate surface area is 108 Å². The van der Waals surface area contributed by atoms with E-state index in [1.807, 2.05) is 19.2 Å². The molecule has 1 heterocycles. The van der Waals surface area contributed by atoms with Crippen LogP contribution in [0.1, 0.15) is 43.4 Å². The largest absolute Gasteiger partial charge is 0.390 e. The van der Waals surface area contributed by atoms with E-state index in [0.717, 1.165) is 18.5 Å². The lowest BCUT2D eigenvalue weighted by atomic mass is 9.93. The highest BCUT2D eigenvalue weighted by Crippen LogP contribution is 2.42. The molecule has 3 heteroatoms. The first-order chi connectivity index (χ1) is 8.81. The molecule has 2 aliphatic rings. The van der Waals surface area contributed by atoms with Crippen molar-refractivity contribution in [1.29, 1.82) is 0 Å². The summed E-state index contributed by atoms with van der Waals surface area (Å²) in [5.74, 6) is 0.728. The van der Waals surface area contributed by atoms with Gasteiger partial charge in [0, 0.05) is 24.4 Å². The van der Waals surface area contributed by atoms with Gasteiger partial charge in [-0.2, -0.15) is 0 Å². The molecule has 1 saturated carbocycles. The molecule has 1 N–H and O–H groups in total. The van der Waals surface area contributed by atoms with Crippen molar-refractivity contribution in [3.05, 3.63) is 29.6 Å². The van der Waals surface area contributed by atoms with Crippen LogP contribution in [0.2, 0.25) is 0 Å². The summed E-state index contributed by atoms with van der Waals surface area (Å²) in [5.41, 5.74) is 2.39. The molecule has 1 aromatic heterocycles. The van der Waals surface area contributed by atoms with Gasteiger partial charge in [-0.25, -0.2) is 0 Å². The van der Waals surface area contributed by atoms with Gasteiger partial charge in [0.2, 0.25) is 0 Å². The first-order valence-electron chi connectivity index (χ1n) is 7.04. The van der Waals surface area contributed by atoms with Crippen LogP contribution in [0.15, 0.2) is 18.3 Å².